The van der Waals surface area contributed by atoms with Gasteiger partial charge in [0.2, 0.25) is 0 Å². The van der Waals surface area contributed by atoms with Gasteiger partial charge in [0.05, 0.1) is 26.0 Å². The molecule has 1 fully saturated rings. The lowest BCUT2D eigenvalue weighted by Gasteiger charge is -2.25. The van der Waals surface area contributed by atoms with Crippen LogP contribution in [-0.4, -0.2) is 49.9 Å². The van der Waals surface area contributed by atoms with Crippen molar-refractivity contribution in [3.63, 3.8) is 0 Å². The molecule has 6 nitrogen and oxygen atoms in total. The van der Waals surface area contributed by atoms with Crippen molar-refractivity contribution in [2.24, 2.45) is 5.10 Å². The number of carbonyl (C=O) groups excluding carboxylic acids is 1. The summed E-state index contributed by atoms with van der Waals surface area (Å²) >= 11 is 5.96. The molecular formula is C20H22ClN3O3. The van der Waals surface area contributed by atoms with Crippen LogP contribution in [0.2, 0.25) is 5.02 Å². The van der Waals surface area contributed by atoms with Crippen LogP contribution in [0.4, 0.5) is 0 Å². The Morgan fingerprint density at radius 3 is 2.74 bits per heavy atom. The zero-order valence-corrected chi connectivity index (χ0v) is 15.7. The molecule has 0 aromatic heterocycles. The van der Waals surface area contributed by atoms with Gasteiger partial charge in [-0.3, -0.25) is 9.69 Å². The summed E-state index contributed by atoms with van der Waals surface area (Å²) in [6, 6.07) is 15.1. The van der Waals surface area contributed by atoms with E-state index in [1.54, 1.807) is 6.21 Å². The number of carbonyl (C=O) groups is 1. The quantitative estimate of drug-likeness (QED) is 0.586. The molecule has 0 spiro atoms. The van der Waals surface area contributed by atoms with Gasteiger partial charge < -0.3 is 9.47 Å². The standard InChI is InChI=1S/C20H22ClN3O3/c21-18-3-1-2-17(12-18)15-27-19-6-4-16(5-7-19)13-22-23-20(25)14-24-8-10-26-11-9-24/h1-7,12-13H,8-11,14-15H2,(H,23,25)/b22-13-. The second-order valence-corrected chi connectivity index (χ2v) is 6.61. The van der Waals surface area contributed by atoms with Gasteiger partial charge in [0.15, 0.2) is 0 Å². The Hall–Kier alpha value is -2.41. The SMILES string of the molecule is O=C(CN1CCOCC1)N/N=C\c1ccc(OCc2cccc(Cl)c2)cc1. The van der Waals surface area contributed by atoms with E-state index in [0.29, 0.717) is 31.4 Å². The van der Waals surface area contributed by atoms with Crippen LogP contribution in [0.3, 0.4) is 0 Å². The van der Waals surface area contributed by atoms with Crippen LogP contribution < -0.4 is 10.2 Å². The van der Waals surface area contributed by atoms with E-state index in [4.69, 9.17) is 21.1 Å². The monoisotopic (exact) mass is 387 g/mol. The highest BCUT2D eigenvalue weighted by atomic mass is 35.5. The van der Waals surface area contributed by atoms with Crippen LogP contribution >= 0.6 is 11.6 Å². The summed E-state index contributed by atoms with van der Waals surface area (Å²) in [6.45, 7) is 3.66. The van der Waals surface area contributed by atoms with Gasteiger partial charge in [-0.15, -0.1) is 0 Å². The molecular weight excluding hydrogens is 366 g/mol. The molecule has 1 heterocycles. The highest BCUT2D eigenvalue weighted by molar-refractivity contribution is 6.30. The first-order chi connectivity index (χ1) is 13.2. The summed E-state index contributed by atoms with van der Waals surface area (Å²) in [6.07, 6.45) is 1.61. The highest BCUT2D eigenvalue weighted by Crippen LogP contribution is 2.15. The van der Waals surface area contributed by atoms with Crippen molar-refractivity contribution in [2.75, 3.05) is 32.8 Å². The second kappa shape index (κ2) is 10.1. The number of hydrazone groups is 1. The van der Waals surface area contributed by atoms with Crippen LogP contribution in [0.1, 0.15) is 11.1 Å². The van der Waals surface area contributed by atoms with Gasteiger partial charge in [-0.1, -0.05) is 23.7 Å². The van der Waals surface area contributed by atoms with E-state index < -0.39 is 0 Å². The fourth-order valence-electron chi connectivity index (χ4n) is 2.62. The highest BCUT2D eigenvalue weighted by Gasteiger charge is 2.13. The van der Waals surface area contributed by atoms with Crippen molar-refractivity contribution in [1.29, 1.82) is 0 Å². The second-order valence-electron chi connectivity index (χ2n) is 6.17. The zero-order valence-electron chi connectivity index (χ0n) is 14.9. The van der Waals surface area contributed by atoms with Crippen molar-refractivity contribution in [3.05, 3.63) is 64.7 Å². The first-order valence-corrected chi connectivity index (χ1v) is 9.16. The topological polar surface area (TPSA) is 63.2 Å². The number of ether oxygens (including phenoxy) is 2. The van der Waals surface area contributed by atoms with E-state index in [0.717, 1.165) is 30.0 Å². The first kappa shape index (κ1) is 19.4. The van der Waals surface area contributed by atoms with Crippen molar-refractivity contribution in [3.8, 4) is 5.75 Å². The van der Waals surface area contributed by atoms with E-state index in [2.05, 4.69) is 10.5 Å². The summed E-state index contributed by atoms with van der Waals surface area (Å²) in [7, 11) is 0. The number of rotatable bonds is 7. The Morgan fingerprint density at radius 2 is 2.00 bits per heavy atom. The maximum Gasteiger partial charge on any atom is 0.254 e. The molecule has 0 radical (unpaired) electrons. The predicted molar refractivity (Wildman–Crippen MR) is 105 cm³/mol. The largest absolute Gasteiger partial charge is 0.489 e. The third-order valence-corrected chi connectivity index (χ3v) is 4.28. The zero-order chi connectivity index (χ0) is 18.9. The molecule has 1 aliphatic rings. The normalized spacial score (nSPS) is 15.0. The maximum atomic E-state index is 11.9. The fraction of sp³-hybridized carbons (Fsp3) is 0.300. The lowest BCUT2D eigenvalue weighted by molar-refractivity contribution is -0.123. The molecule has 0 aliphatic carbocycles. The van der Waals surface area contributed by atoms with Gasteiger partial charge in [0, 0.05) is 18.1 Å². The molecule has 1 saturated heterocycles. The number of benzene rings is 2. The van der Waals surface area contributed by atoms with Crippen LogP contribution in [0.25, 0.3) is 0 Å². The minimum atomic E-state index is -0.130. The number of nitrogens with zero attached hydrogens (tertiary/aromatic N) is 2. The third-order valence-electron chi connectivity index (χ3n) is 4.05. The number of halogens is 1. The molecule has 0 saturated carbocycles. The number of amides is 1. The predicted octanol–water partition coefficient (Wildman–Crippen LogP) is 2.70. The minimum absolute atomic E-state index is 0.130. The molecule has 7 heteroatoms. The van der Waals surface area contributed by atoms with Crippen LogP contribution in [0, 0.1) is 0 Å². The van der Waals surface area contributed by atoms with Crippen LogP contribution in [0.5, 0.6) is 5.75 Å². The molecule has 2 aromatic rings. The molecule has 142 valence electrons. The van der Waals surface area contributed by atoms with Gasteiger partial charge in [-0.2, -0.15) is 5.10 Å². The smallest absolute Gasteiger partial charge is 0.254 e. The maximum absolute atomic E-state index is 11.9. The number of hydrogen-bond acceptors (Lipinski definition) is 5. The third kappa shape index (κ3) is 6.67. The van der Waals surface area contributed by atoms with Gasteiger partial charge >= 0.3 is 0 Å². The van der Waals surface area contributed by atoms with Crippen molar-refractivity contribution in [2.45, 2.75) is 6.61 Å². The molecule has 1 N–H and O–H groups in total. The average Bonchev–Trinajstić information content (AvgIpc) is 2.68. The lowest BCUT2D eigenvalue weighted by atomic mass is 10.2. The lowest BCUT2D eigenvalue weighted by Crippen LogP contribution is -2.42. The number of nitrogens with one attached hydrogen (secondary N) is 1. The molecule has 27 heavy (non-hydrogen) atoms. The summed E-state index contributed by atoms with van der Waals surface area (Å²) in [5.74, 6) is 0.623. The van der Waals surface area contributed by atoms with Crippen molar-refractivity contribution >= 4 is 23.7 Å². The van der Waals surface area contributed by atoms with E-state index in [9.17, 15) is 4.79 Å². The molecule has 1 aliphatic heterocycles. The molecule has 3 rings (SSSR count). The van der Waals surface area contributed by atoms with E-state index in [1.807, 2.05) is 53.4 Å². The average molecular weight is 388 g/mol. The Labute approximate surface area is 163 Å². The number of morpholine rings is 1. The molecule has 0 bridgehead atoms. The first-order valence-electron chi connectivity index (χ1n) is 8.78. The van der Waals surface area contributed by atoms with Gasteiger partial charge in [0.1, 0.15) is 12.4 Å². The van der Waals surface area contributed by atoms with E-state index >= 15 is 0 Å². The summed E-state index contributed by atoms with van der Waals surface area (Å²) in [4.78, 5) is 13.9. The summed E-state index contributed by atoms with van der Waals surface area (Å²) in [5.41, 5.74) is 4.43. The Morgan fingerprint density at radius 1 is 1.22 bits per heavy atom. The summed E-state index contributed by atoms with van der Waals surface area (Å²) < 4.78 is 11.0. The van der Waals surface area contributed by atoms with Crippen LogP contribution in [-0.2, 0) is 16.1 Å². The van der Waals surface area contributed by atoms with Crippen LogP contribution in [0.15, 0.2) is 53.6 Å². The molecule has 2 aromatic carbocycles. The van der Waals surface area contributed by atoms with Gasteiger partial charge in [-0.25, -0.2) is 5.43 Å². The molecule has 1 amide bonds. The van der Waals surface area contributed by atoms with E-state index in [-0.39, 0.29) is 5.91 Å². The number of hydrogen-bond donors (Lipinski definition) is 1. The van der Waals surface area contributed by atoms with Crippen molar-refractivity contribution in [1.82, 2.24) is 10.3 Å². The fourth-order valence-corrected chi connectivity index (χ4v) is 2.83. The minimum Gasteiger partial charge on any atom is -0.489 e. The van der Waals surface area contributed by atoms with Gasteiger partial charge in [0.25, 0.3) is 5.91 Å². The Bertz CT molecular complexity index is 774. The molecule has 0 unspecified atom stereocenters. The Kier molecular flexibility index (Phi) is 7.21. The molecule has 0 atom stereocenters. The van der Waals surface area contributed by atoms with Gasteiger partial charge in [-0.05, 0) is 47.5 Å². The van der Waals surface area contributed by atoms with E-state index in [1.165, 1.54) is 0 Å². The summed E-state index contributed by atoms with van der Waals surface area (Å²) in [5, 5.41) is 4.69. The van der Waals surface area contributed by atoms with Crippen molar-refractivity contribution < 1.29 is 14.3 Å². The Balaban J connectivity index is 1.42.